The van der Waals surface area contributed by atoms with Gasteiger partial charge in [0.2, 0.25) is 0 Å². The molecule has 0 aliphatic carbocycles. The predicted molar refractivity (Wildman–Crippen MR) is 72.7 cm³/mol. The van der Waals surface area contributed by atoms with Gasteiger partial charge in [-0.05, 0) is 31.1 Å². The summed E-state index contributed by atoms with van der Waals surface area (Å²) < 4.78 is 9.40. The van der Waals surface area contributed by atoms with Gasteiger partial charge in [0.15, 0.2) is 6.61 Å². The molecule has 0 unspecified atom stereocenters. The van der Waals surface area contributed by atoms with Crippen molar-refractivity contribution < 1.29 is 19.1 Å². The van der Waals surface area contributed by atoms with Gasteiger partial charge in [-0.3, -0.25) is 0 Å². The highest BCUT2D eigenvalue weighted by Gasteiger charge is 2.08. The number of rotatable bonds is 5. The molecule has 0 fully saturated rings. The summed E-state index contributed by atoms with van der Waals surface area (Å²) in [5.74, 6) is -1.18. The van der Waals surface area contributed by atoms with Gasteiger partial charge in [0.1, 0.15) is 0 Å². The quantitative estimate of drug-likeness (QED) is 0.615. The fourth-order valence-electron chi connectivity index (χ4n) is 1.41. The third-order valence-electron chi connectivity index (χ3n) is 2.27. The number of allylic oxidation sites excluding steroid dienone is 1. The Labute approximate surface area is 117 Å². The number of halogens is 1. The van der Waals surface area contributed by atoms with E-state index >= 15 is 0 Å². The van der Waals surface area contributed by atoms with Crippen molar-refractivity contribution in [1.29, 1.82) is 0 Å². The number of benzene rings is 1. The second kappa shape index (κ2) is 7.59. The molecular formula is C14H15ClO4. The van der Waals surface area contributed by atoms with Crippen LogP contribution in [0.1, 0.15) is 19.4 Å². The molecule has 0 saturated carbocycles. The van der Waals surface area contributed by atoms with Gasteiger partial charge in [0.05, 0.1) is 6.61 Å². The molecular weight excluding hydrogens is 268 g/mol. The molecule has 0 amide bonds. The Morgan fingerprint density at radius 1 is 1.26 bits per heavy atom. The number of hydrogen-bond donors (Lipinski definition) is 0. The van der Waals surface area contributed by atoms with Crippen molar-refractivity contribution in [3.05, 3.63) is 40.9 Å². The zero-order chi connectivity index (χ0) is 14.3. The van der Waals surface area contributed by atoms with Gasteiger partial charge >= 0.3 is 11.9 Å². The monoisotopic (exact) mass is 282 g/mol. The van der Waals surface area contributed by atoms with E-state index in [1.165, 1.54) is 6.08 Å². The molecule has 4 nitrogen and oxygen atoms in total. The van der Waals surface area contributed by atoms with Crippen molar-refractivity contribution in [2.75, 3.05) is 13.2 Å². The van der Waals surface area contributed by atoms with Gasteiger partial charge in [0.25, 0.3) is 0 Å². The van der Waals surface area contributed by atoms with Gasteiger partial charge in [0, 0.05) is 11.1 Å². The fraction of sp³-hybridized carbons (Fsp3) is 0.286. The molecule has 0 bridgehead atoms. The molecule has 0 aromatic heterocycles. The molecule has 0 spiro atoms. The fourth-order valence-corrected chi connectivity index (χ4v) is 1.69. The van der Waals surface area contributed by atoms with Crippen molar-refractivity contribution in [1.82, 2.24) is 0 Å². The lowest BCUT2D eigenvalue weighted by atomic mass is 10.1. The van der Waals surface area contributed by atoms with Crippen LogP contribution in [-0.2, 0) is 19.1 Å². The van der Waals surface area contributed by atoms with E-state index in [4.69, 9.17) is 16.3 Å². The van der Waals surface area contributed by atoms with Gasteiger partial charge in [-0.2, -0.15) is 0 Å². The Balaban J connectivity index is 2.62. The Bertz CT molecular complexity index is 494. The molecule has 0 aliphatic rings. The van der Waals surface area contributed by atoms with Crippen LogP contribution in [0.15, 0.2) is 30.3 Å². The molecule has 0 heterocycles. The predicted octanol–water partition coefficient (Wildman–Crippen LogP) is 2.85. The van der Waals surface area contributed by atoms with Crippen LogP contribution in [0.25, 0.3) is 5.57 Å². The first-order chi connectivity index (χ1) is 9.04. The molecule has 1 aromatic carbocycles. The Morgan fingerprint density at radius 3 is 2.58 bits per heavy atom. The zero-order valence-electron chi connectivity index (χ0n) is 10.8. The van der Waals surface area contributed by atoms with Crippen LogP contribution in [0, 0.1) is 0 Å². The molecule has 0 saturated heterocycles. The van der Waals surface area contributed by atoms with Crippen LogP contribution in [0.2, 0.25) is 5.02 Å². The second-order valence-corrected chi connectivity index (χ2v) is 4.13. The Kier molecular flexibility index (Phi) is 6.09. The minimum absolute atomic E-state index is 0.255. The first-order valence-corrected chi connectivity index (χ1v) is 6.18. The van der Waals surface area contributed by atoms with Gasteiger partial charge in [-0.1, -0.05) is 29.8 Å². The number of esters is 2. The topological polar surface area (TPSA) is 52.6 Å². The molecule has 5 heteroatoms. The molecule has 1 rings (SSSR count). The lowest BCUT2D eigenvalue weighted by molar-refractivity contribution is -0.155. The maximum atomic E-state index is 11.5. The van der Waals surface area contributed by atoms with E-state index in [0.29, 0.717) is 10.6 Å². The second-order valence-electron chi connectivity index (χ2n) is 3.72. The normalized spacial score (nSPS) is 11.0. The highest BCUT2D eigenvalue weighted by Crippen LogP contribution is 2.22. The van der Waals surface area contributed by atoms with E-state index < -0.39 is 11.9 Å². The van der Waals surface area contributed by atoms with Crippen molar-refractivity contribution in [3.8, 4) is 0 Å². The highest BCUT2D eigenvalue weighted by molar-refractivity contribution is 6.32. The Morgan fingerprint density at radius 2 is 1.95 bits per heavy atom. The SMILES string of the molecule is CCOC(=O)COC(=O)/C=C(/C)c1ccccc1Cl. The summed E-state index contributed by atoms with van der Waals surface area (Å²) in [6, 6.07) is 7.16. The van der Waals surface area contributed by atoms with Gasteiger partial charge in [-0.15, -0.1) is 0 Å². The maximum absolute atomic E-state index is 11.5. The van der Waals surface area contributed by atoms with Crippen LogP contribution in [0.3, 0.4) is 0 Å². The van der Waals surface area contributed by atoms with Gasteiger partial charge in [-0.25, -0.2) is 9.59 Å². The summed E-state index contributed by atoms with van der Waals surface area (Å²) in [6.07, 6.45) is 1.29. The van der Waals surface area contributed by atoms with E-state index in [0.717, 1.165) is 5.56 Å². The first-order valence-electron chi connectivity index (χ1n) is 5.80. The molecule has 1 aromatic rings. The highest BCUT2D eigenvalue weighted by atomic mass is 35.5. The average molecular weight is 283 g/mol. The van der Waals surface area contributed by atoms with Crippen LogP contribution in [-0.4, -0.2) is 25.2 Å². The average Bonchev–Trinajstić information content (AvgIpc) is 2.37. The third-order valence-corrected chi connectivity index (χ3v) is 2.60. The van der Waals surface area contributed by atoms with Crippen LogP contribution < -0.4 is 0 Å². The first kappa shape index (κ1) is 15.2. The van der Waals surface area contributed by atoms with E-state index in [1.807, 2.05) is 6.07 Å². The summed E-state index contributed by atoms with van der Waals surface area (Å²) in [6.45, 7) is 3.29. The smallest absolute Gasteiger partial charge is 0.344 e. The number of hydrogen-bond acceptors (Lipinski definition) is 4. The number of carbonyl (C=O) groups is 2. The van der Waals surface area contributed by atoms with Crippen LogP contribution in [0.4, 0.5) is 0 Å². The maximum Gasteiger partial charge on any atom is 0.344 e. The minimum Gasteiger partial charge on any atom is -0.463 e. The van der Waals surface area contributed by atoms with Crippen molar-refractivity contribution in [2.24, 2.45) is 0 Å². The molecule has 19 heavy (non-hydrogen) atoms. The summed E-state index contributed by atoms with van der Waals surface area (Å²) in [4.78, 5) is 22.5. The standard InChI is InChI=1S/C14H15ClO4/c1-3-18-14(17)9-19-13(16)8-10(2)11-6-4-5-7-12(11)15/h4-8H,3,9H2,1-2H3/b10-8-. The van der Waals surface area contributed by atoms with E-state index in [9.17, 15) is 9.59 Å². The zero-order valence-corrected chi connectivity index (χ0v) is 11.6. The Hall–Kier alpha value is -1.81. The van der Waals surface area contributed by atoms with Crippen LogP contribution >= 0.6 is 11.6 Å². The van der Waals surface area contributed by atoms with E-state index in [2.05, 4.69) is 4.74 Å². The summed E-state index contributed by atoms with van der Waals surface area (Å²) in [5.41, 5.74) is 1.41. The lowest BCUT2D eigenvalue weighted by Gasteiger charge is -2.05. The minimum atomic E-state index is -0.606. The summed E-state index contributed by atoms with van der Waals surface area (Å²) in [7, 11) is 0. The van der Waals surface area contributed by atoms with Crippen molar-refractivity contribution in [3.63, 3.8) is 0 Å². The van der Waals surface area contributed by atoms with E-state index in [-0.39, 0.29) is 13.2 Å². The number of ether oxygens (including phenoxy) is 2. The third kappa shape index (κ3) is 5.14. The summed E-state index contributed by atoms with van der Waals surface area (Å²) >= 11 is 6.00. The van der Waals surface area contributed by atoms with Gasteiger partial charge < -0.3 is 9.47 Å². The largest absolute Gasteiger partial charge is 0.463 e. The molecule has 0 aliphatic heterocycles. The van der Waals surface area contributed by atoms with Crippen molar-refractivity contribution >= 4 is 29.1 Å². The van der Waals surface area contributed by atoms with E-state index in [1.54, 1.807) is 32.0 Å². The molecule has 0 N–H and O–H groups in total. The lowest BCUT2D eigenvalue weighted by Crippen LogP contribution is -2.15. The summed E-state index contributed by atoms with van der Waals surface area (Å²) in [5, 5.41) is 0.550. The molecule has 0 atom stereocenters. The molecule has 102 valence electrons. The van der Waals surface area contributed by atoms with Crippen molar-refractivity contribution in [2.45, 2.75) is 13.8 Å². The molecule has 0 radical (unpaired) electrons. The number of carbonyl (C=O) groups excluding carboxylic acids is 2. The van der Waals surface area contributed by atoms with Crippen LogP contribution in [0.5, 0.6) is 0 Å².